The molecule has 0 aliphatic heterocycles. The van der Waals surface area contributed by atoms with Crippen molar-refractivity contribution in [2.45, 2.75) is 59.6 Å². The molecule has 0 fully saturated rings. The minimum Gasteiger partial charge on any atom is -0.458 e. The molecule has 0 saturated carbocycles. The van der Waals surface area contributed by atoms with Crippen LogP contribution in [0.5, 0.6) is 0 Å². The molecule has 162 valence electrons. The molecule has 0 bridgehead atoms. The van der Waals surface area contributed by atoms with Gasteiger partial charge in [-0.05, 0) is 57.4 Å². The summed E-state index contributed by atoms with van der Waals surface area (Å²) in [4.78, 5) is 36.3. The highest BCUT2D eigenvalue weighted by Gasteiger charge is 2.26. The fraction of sp³-hybridized carbons (Fsp3) is 0.476. The van der Waals surface area contributed by atoms with Gasteiger partial charge in [0.25, 0.3) is 0 Å². The summed E-state index contributed by atoms with van der Waals surface area (Å²) in [6.07, 6.45) is 1.94. The second kappa shape index (κ2) is 10.00. The number of benzene rings is 1. The molecule has 9 nitrogen and oxygen atoms in total. The van der Waals surface area contributed by atoms with E-state index in [2.05, 4.69) is 30.9 Å². The number of hydrogen-bond donors (Lipinski definition) is 3. The number of carbonyl (C=O) groups excluding carboxylic acids is 2. The average Bonchev–Trinajstić information content (AvgIpc) is 2.61. The first kappa shape index (κ1) is 23.1. The molecule has 30 heavy (non-hydrogen) atoms. The zero-order valence-electron chi connectivity index (χ0n) is 18.3. The second-order valence-corrected chi connectivity index (χ2v) is 8.38. The number of aromatic nitrogens is 3. The number of hydrogen-bond acceptors (Lipinski definition) is 8. The lowest BCUT2D eigenvalue weighted by Crippen LogP contribution is -2.38. The lowest BCUT2D eigenvalue weighted by Gasteiger charge is -2.25. The third kappa shape index (κ3) is 8.02. The highest BCUT2D eigenvalue weighted by molar-refractivity contribution is 5.88. The van der Waals surface area contributed by atoms with Crippen molar-refractivity contribution in [1.82, 2.24) is 15.0 Å². The summed E-state index contributed by atoms with van der Waals surface area (Å²) in [5.74, 6) is 0.396. The molecule has 2 rings (SSSR count). The normalized spacial score (nSPS) is 12.2. The van der Waals surface area contributed by atoms with E-state index < -0.39 is 11.6 Å². The number of anilines is 4. The van der Waals surface area contributed by atoms with Gasteiger partial charge in [-0.3, -0.25) is 4.79 Å². The summed E-state index contributed by atoms with van der Waals surface area (Å²) in [7, 11) is 0. The maximum Gasteiger partial charge on any atom is 0.329 e. The van der Waals surface area contributed by atoms with Crippen molar-refractivity contribution in [2.24, 2.45) is 5.92 Å². The molecule has 3 N–H and O–H groups in total. The first-order valence-electron chi connectivity index (χ1n) is 9.85. The van der Waals surface area contributed by atoms with Gasteiger partial charge in [0.05, 0.1) is 0 Å². The Morgan fingerprint density at radius 3 is 2.20 bits per heavy atom. The van der Waals surface area contributed by atoms with Crippen LogP contribution in [-0.2, 0) is 14.3 Å². The smallest absolute Gasteiger partial charge is 0.329 e. The van der Waals surface area contributed by atoms with Crippen molar-refractivity contribution in [3.63, 3.8) is 0 Å². The fourth-order valence-corrected chi connectivity index (χ4v) is 2.61. The third-order valence-electron chi connectivity index (χ3n) is 3.73. The van der Waals surface area contributed by atoms with E-state index in [1.807, 2.05) is 34.6 Å². The van der Waals surface area contributed by atoms with Crippen LogP contribution < -0.4 is 16.0 Å². The highest BCUT2D eigenvalue weighted by Crippen LogP contribution is 2.19. The summed E-state index contributed by atoms with van der Waals surface area (Å²) >= 11 is 0. The van der Waals surface area contributed by atoms with Crippen LogP contribution in [0.3, 0.4) is 0 Å². The van der Waals surface area contributed by atoms with Gasteiger partial charge in [0.1, 0.15) is 18.0 Å². The lowest BCUT2D eigenvalue weighted by molar-refractivity contribution is -0.156. The number of ether oxygens (including phenoxy) is 1. The summed E-state index contributed by atoms with van der Waals surface area (Å²) in [5, 5.41) is 8.85. The van der Waals surface area contributed by atoms with Crippen LogP contribution in [0.15, 0.2) is 30.6 Å². The van der Waals surface area contributed by atoms with Crippen molar-refractivity contribution in [3.05, 3.63) is 30.6 Å². The Labute approximate surface area is 177 Å². The number of nitrogens with one attached hydrogen (secondary N) is 3. The SMILES string of the molecule is CC(=O)Nc1ccc(Nc2ncnc(N[C@@H](CC(C)C)C(=O)OC(C)(C)C)n2)cc1. The Balaban J connectivity index is 2.10. The average molecular weight is 415 g/mol. The molecule has 0 unspecified atom stereocenters. The van der Waals surface area contributed by atoms with E-state index in [-0.39, 0.29) is 23.7 Å². The molecule has 0 spiro atoms. The van der Waals surface area contributed by atoms with Crippen LogP contribution in [0.1, 0.15) is 48.0 Å². The molecule has 1 atom stereocenters. The minimum atomic E-state index is -0.580. The van der Waals surface area contributed by atoms with Gasteiger partial charge < -0.3 is 20.7 Å². The number of nitrogens with zero attached hydrogens (tertiary/aromatic N) is 3. The maximum absolute atomic E-state index is 12.6. The fourth-order valence-electron chi connectivity index (χ4n) is 2.61. The Morgan fingerprint density at radius 2 is 1.63 bits per heavy atom. The number of rotatable bonds is 8. The van der Waals surface area contributed by atoms with Crippen molar-refractivity contribution in [2.75, 3.05) is 16.0 Å². The predicted octanol–water partition coefficient (Wildman–Crippen LogP) is 3.74. The second-order valence-electron chi connectivity index (χ2n) is 8.38. The largest absolute Gasteiger partial charge is 0.458 e. The predicted molar refractivity (Wildman–Crippen MR) is 117 cm³/mol. The van der Waals surface area contributed by atoms with Crippen LogP contribution in [0.25, 0.3) is 0 Å². The first-order valence-corrected chi connectivity index (χ1v) is 9.85. The van der Waals surface area contributed by atoms with E-state index in [4.69, 9.17) is 4.74 Å². The summed E-state index contributed by atoms with van der Waals surface area (Å²) in [6.45, 7) is 11.0. The molecule has 0 aliphatic carbocycles. The van der Waals surface area contributed by atoms with E-state index in [0.29, 0.717) is 18.1 Å². The summed E-state index contributed by atoms with van der Waals surface area (Å²) in [5.41, 5.74) is 0.857. The molecular weight excluding hydrogens is 384 g/mol. The lowest BCUT2D eigenvalue weighted by atomic mass is 10.0. The van der Waals surface area contributed by atoms with Crippen molar-refractivity contribution >= 4 is 35.1 Å². The van der Waals surface area contributed by atoms with Gasteiger partial charge in [0.15, 0.2) is 0 Å². The number of carbonyl (C=O) groups is 2. The van der Waals surface area contributed by atoms with Crippen molar-refractivity contribution in [3.8, 4) is 0 Å². The quantitative estimate of drug-likeness (QED) is 0.559. The molecule has 1 amide bonds. The minimum absolute atomic E-state index is 0.134. The molecule has 0 saturated heterocycles. The van der Waals surface area contributed by atoms with Crippen LogP contribution in [0.4, 0.5) is 23.3 Å². The maximum atomic E-state index is 12.6. The van der Waals surface area contributed by atoms with E-state index in [1.54, 1.807) is 24.3 Å². The molecule has 1 aromatic carbocycles. The monoisotopic (exact) mass is 414 g/mol. The molecule has 9 heteroatoms. The first-order chi connectivity index (χ1) is 14.0. The van der Waals surface area contributed by atoms with Gasteiger partial charge in [-0.25, -0.2) is 14.8 Å². The Morgan fingerprint density at radius 1 is 1.03 bits per heavy atom. The molecular formula is C21H30N6O3. The van der Waals surface area contributed by atoms with E-state index in [0.717, 1.165) is 5.69 Å². The molecule has 0 aliphatic rings. The van der Waals surface area contributed by atoms with E-state index >= 15 is 0 Å². The van der Waals surface area contributed by atoms with Crippen LogP contribution in [-0.4, -0.2) is 38.5 Å². The van der Waals surface area contributed by atoms with Gasteiger partial charge in [0.2, 0.25) is 17.8 Å². The van der Waals surface area contributed by atoms with Gasteiger partial charge in [-0.2, -0.15) is 4.98 Å². The van der Waals surface area contributed by atoms with Crippen LogP contribution in [0, 0.1) is 5.92 Å². The molecule has 1 aromatic heterocycles. The van der Waals surface area contributed by atoms with Gasteiger partial charge in [-0.1, -0.05) is 13.8 Å². The highest BCUT2D eigenvalue weighted by atomic mass is 16.6. The third-order valence-corrected chi connectivity index (χ3v) is 3.73. The zero-order chi connectivity index (χ0) is 22.3. The zero-order valence-corrected chi connectivity index (χ0v) is 18.3. The summed E-state index contributed by atoms with van der Waals surface area (Å²) < 4.78 is 5.52. The number of amides is 1. The van der Waals surface area contributed by atoms with E-state index in [9.17, 15) is 9.59 Å². The van der Waals surface area contributed by atoms with Gasteiger partial charge >= 0.3 is 5.97 Å². The standard InChI is InChI=1S/C21H30N6O3/c1-13(2)11-17(18(29)30-21(4,5)6)26-20-23-12-22-19(27-20)25-16-9-7-15(8-10-16)24-14(3)28/h7-10,12-13,17H,11H2,1-6H3,(H,24,28)(H2,22,23,25,26,27)/t17-/m0/s1. The van der Waals surface area contributed by atoms with E-state index in [1.165, 1.54) is 13.3 Å². The topological polar surface area (TPSA) is 118 Å². The Bertz CT molecular complexity index is 862. The Hall–Kier alpha value is -3.23. The van der Waals surface area contributed by atoms with Crippen molar-refractivity contribution < 1.29 is 14.3 Å². The van der Waals surface area contributed by atoms with Crippen LogP contribution >= 0.6 is 0 Å². The Kier molecular flexibility index (Phi) is 7.68. The van der Waals surface area contributed by atoms with Gasteiger partial charge in [-0.15, -0.1) is 0 Å². The summed E-state index contributed by atoms with van der Waals surface area (Å²) in [6, 6.07) is 6.56. The molecule has 1 heterocycles. The molecule has 2 aromatic rings. The van der Waals surface area contributed by atoms with Crippen LogP contribution in [0.2, 0.25) is 0 Å². The van der Waals surface area contributed by atoms with Crippen molar-refractivity contribution in [1.29, 1.82) is 0 Å². The van der Waals surface area contributed by atoms with Gasteiger partial charge in [0, 0.05) is 18.3 Å². The molecule has 0 radical (unpaired) electrons. The number of esters is 1.